The highest BCUT2D eigenvalue weighted by Gasteiger charge is 2.35. The number of nitrogens with zero attached hydrogens (tertiary/aromatic N) is 4. The third kappa shape index (κ3) is 4.09. The maximum Gasteiger partial charge on any atom is 0.328 e. The second-order valence-electron chi connectivity index (χ2n) is 9.84. The summed E-state index contributed by atoms with van der Waals surface area (Å²) in [5.41, 5.74) is 11.5. The first-order valence-corrected chi connectivity index (χ1v) is 13.3. The predicted octanol–water partition coefficient (Wildman–Crippen LogP) is 6.66. The first-order valence-electron chi connectivity index (χ1n) is 12.6. The molecule has 1 amide bonds. The summed E-state index contributed by atoms with van der Waals surface area (Å²) < 4.78 is 3.68. The normalized spacial score (nSPS) is 15.2. The van der Waals surface area contributed by atoms with Crippen LogP contribution in [0.4, 0.5) is 4.79 Å². The molecular weight excluding hydrogens is 517 g/mol. The van der Waals surface area contributed by atoms with Gasteiger partial charge in [-0.2, -0.15) is 0 Å². The number of hydrogen-bond acceptors (Lipinski definition) is 3. The van der Waals surface area contributed by atoms with Gasteiger partial charge in [0, 0.05) is 47.3 Å². The molecule has 1 atom stereocenters. The van der Waals surface area contributed by atoms with E-state index in [1.807, 2.05) is 83.4 Å². The third-order valence-corrected chi connectivity index (χ3v) is 7.99. The molecule has 192 valence electrons. The maximum atomic E-state index is 13.6. The Balaban J connectivity index is 1.60. The second-order valence-corrected chi connectivity index (χ2v) is 10.7. The number of halogens is 2. The SMILES string of the molecule is Cn1cncc1C(N)(c1ccc(Cl)cc1)c1ccc2c(c1)c(-c1cccc(Cl)c1)cn2C(=O)N1CCCC1. The molecule has 3 heterocycles. The van der Waals surface area contributed by atoms with Crippen LogP contribution in [0.1, 0.15) is 29.7 Å². The van der Waals surface area contributed by atoms with Gasteiger partial charge in [0.05, 0.1) is 23.7 Å². The van der Waals surface area contributed by atoms with Gasteiger partial charge < -0.3 is 15.2 Å². The monoisotopic (exact) mass is 543 g/mol. The Morgan fingerprint density at radius 3 is 2.37 bits per heavy atom. The molecule has 38 heavy (non-hydrogen) atoms. The zero-order valence-electron chi connectivity index (χ0n) is 20.9. The highest BCUT2D eigenvalue weighted by Crippen LogP contribution is 2.39. The summed E-state index contributed by atoms with van der Waals surface area (Å²) >= 11 is 12.6. The minimum absolute atomic E-state index is 0.0168. The standard InChI is InChI=1S/C30H27Cl2N5O/c1-35-19-34-17-28(35)30(33,21-7-10-23(31)11-8-21)22-9-12-27-25(16-22)26(20-5-4-6-24(32)15-20)18-37(27)29(38)36-13-2-3-14-36/h4-12,15-19H,2-3,13-14,33H2,1H3. The topological polar surface area (TPSA) is 69.1 Å². The fourth-order valence-electron chi connectivity index (χ4n) is 5.49. The largest absolute Gasteiger partial charge is 0.336 e. The van der Waals surface area contributed by atoms with E-state index in [0.717, 1.165) is 64.8 Å². The van der Waals surface area contributed by atoms with Gasteiger partial charge in [-0.1, -0.05) is 53.5 Å². The first kappa shape index (κ1) is 24.7. The van der Waals surface area contributed by atoms with Crippen LogP contribution in [0.3, 0.4) is 0 Å². The van der Waals surface area contributed by atoms with E-state index in [4.69, 9.17) is 28.9 Å². The van der Waals surface area contributed by atoms with Crippen molar-refractivity contribution in [1.29, 1.82) is 0 Å². The molecule has 0 saturated carbocycles. The summed E-state index contributed by atoms with van der Waals surface area (Å²) in [7, 11) is 1.93. The fraction of sp³-hybridized carbons (Fsp3) is 0.200. The maximum absolute atomic E-state index is 13.6. The average Bonchev–Trinajstić information content (AvgIpc) is 3.68. The number of amides is 1. The number of aryl methyl sites for hydroxylation is 1. The summed E-state index contributed by atoms with van der Waals surface area (Å²) in [6.45, 7) is 1.54. The molecule has 8 heteroatoms. The molecule has 1 saturated heterocycles. The van der Waals surface area contributed by atoms with Gasteiger partial charge in [0.15, 0.2) is 0 Å². The van der Waals surface area contributed by atoms with Crippen LogP contribution in [-0.2, 0) is 12.6 Å². The van der Waals surface area contributed by atoms with E-state index in [9.17, 15) is 4.79 Å². The number of nitrogens with two attached hydrogens (primary N) is 1. The summed E-state index contributed by atoms with van der Waals surface area (Å²) in [6, 6.07) is 21.3. The minimum Gasteiger partial charge on any atom is -0.336 e. The highest BCUT2D eigenvalue weighted by atomic mass is 35.5. The number of carbonyl (C=O) groups excluding carboxylic acids is 1. The van der Waals surface area contributed by atoms with E-state index in [1.54, 1.807) is 17.1 Å². The van der Waals surface area contributed by atoms with Crippen LogP contribution in [0.15, 0.2) is 85.5 Å². The number of imidazole rings is 1. The number of fused-ring (bicyclic) bond motifs is 1. The molecule has 0 aliphatic carbocycles. The number of likely N-dealkylation sites (tertiary alicyclic amines) is 1. The van der Waals surface area contributed by atoms with Crippen LogP contribution in [-0.4, -0.2) is 38.1 Å². The van der Waals surface area contributed by atoms with Crippen molar-refractivity contribution >= 4 is 40.1 Å². The fourth-order valence-corrected chi connectivity index (χ4v) is 5.81. The van der Waals surface area contributed by atoms with Gasteiger partial charge in [0.25, 0.3) is 0 Å². The molecule has 2 N–H and O–H groups in total. The summed E-state index contributed by atoms with van der Waals surface area (Å²) in [5.74, 6) is 0. The smallest absolute Gasteiger partial charge is 0.328 e. The van der Waals surface area contributed by atoms with Crippen molar-refractivity contribution in [1.82, 2.24) is 19.0 Å². The van der Waals surface area contributed by atoms with Gasteiger partial charge in [-0.15, -0.1) is 0 Å². The van der Waals surface area contributed by atoms with Crippen LogP contribution in [0.25, 0.3) is 22.0 Å². The van der Waals surface area contributed by atoms with Gasteiger partial charge in [-0.05, 0) is 65.9 Å². The third-order valence-electron chi connectivity index (χ3n) is 7.50. The molecule has 1 unspecified atom stereocenters. The van der Waals surface area contributed by atoms with E-state index < -0.39 is 5.54 Å². The van der Waals surface area contributed by atoms with Gasteiger partial charge in [0.1, 0.15) is 5.54 Å². The first-order chi connectivity index (χ1) is 18.4. The Morgan fingerprint density at radius 1 is 0.947 bits per heavy atom. The predicted molar refractivity (Wildman–Crippen MR) is 153 cm³/mol. The number of carbonyl (C=O) groups is 1. The zero-order chi connectivity index (χ0) is 26.4. The Hall–Kier alpha value is -3.58. The second kappa shape index (κ2) is 9.62. The van der Waals surface area contributed by atoms with Crippen molar-refractivity contribution in [3.05, 3.63) is 112 Å². The van der Waals surface area contributed by atoms with E-state index in [-0.39, 0.29) is 6.03 Å². The summed E-state index contributed by atoms with van der Waals surface area (Å²) in [6.07, 6.45) is 7.51. The van der Waals surface area contributed by atoms with Gasteiger partial charge >= 0.3 is 6.03 Å². The van der Waals surface area contributed by atoms with Gasteiger partial charge in [-0.25, -0.2) is 9.78 Å². The van der Waals surface area contributed by atoms with Crippen LogP contribution >= 0.6 is 23.2 Å². The molecule has 2 aromatic heterocycles. The molecule has 3 aromatic carbocycles. The molecule has 0 spiro atoms. The van der Waals surface area contributed by atoms with Crippen LogP contribution in [0.5, 0.6) is 0 Å². The highest BCUT2D eigenvalue weighted by molar-refractivity contribution is 6.31. The van der Waals surface area contributed by atoms with Crippen molar-refractivity contribution in [3.63, 3.8) is 0 Å². The van der Waals surface area contributed by atoms with Crippen molar-refractivity contribution in [2.45, 2.75) is 18.4 Å². The van der Waals surface area contributed by atoms with E-state index in [1.165, 1.54) is 0 Å². The van der Waals surface area contributed by atoms with Gasteiger partial charge in [0.2, 0.25) is 0 Å². The molecule has 0 radical (unpaired) electrons. The van der Waals surface area contributed by atoms with E-state index in [2.05, 4.69) is 11.1 Å². The molecule has 1 aliphatic heterocycles. The Morgan fingerprint density at radius 2 is 1.68 bits per heavy atom. The Labute approximate surface area is 231 Å². The van der Waals surface area contributed by atoms with Crippen LogP contribution < -0.4 is 5.73 Å². The number of benzene rings is 3. The number of hydrogen-bond donors (Lipinski definition) is 1. The summed E-state index contributed by atoms with van der Waals surface area (Å²) in [4.78, 5) is 19.8. The van der Waals surface area contributed by atoms with Crippen LogP contribution in [0, 0.1) is 0 Å². The summed E-state index contributed by atoms with van der Waals surface area (Å²) in [5, 5.41) is 2.19. The lowest BCUT2D eigenvalue weighted by Crippen LogP contribution is -2.40. The molecule has 0 bridgehead atoms. The molecular formula is C30H27Cl2N5O. The van der Waals surface area contributed by atoms with Crippen LogP contribution in [0.2, 0.25) is 10.0 Å². The molecule has 1 fully saturated rings. The molecule has 6 rings (SSSR count). The number of aromatic nitrogens is 3. The lowest BCUT2D eigenvalue weighted by atomic mass is 9.80. The van der Waals surface area contributed by atoms with Crippen molar-refractivity contribution in [2.75, 3.05) is 13.1 Å². The Kier molecular flexibility index (Phi) is 6.26. The van der Waals surface area contributed by atoms with Crippen molar-refractivity contribution in [2.24, 2.45) is 12.8 Å². The molecule has 5 aromatic rings. The van der Waals surface area contributed by atoms with Gasteiger partial charge in [-0.3, -0.25) is 4.57 Å². The van der Waals surface area contributed by atoms with Crippen molar-refractivity contribution in [3.8, 4) is 11.1 Å². The van der Waals surface area contributed by atoms with Crippen molar-refractivity contribution < 1.29 is 4.79 Å². The lowest BCUT2D eigenvalue weighted by Gasteiger charge is -2.31. The molecule has 6 nitrogen and oxygen atoms in total. The minimum atomic E-state index is -1.02. The zero-order valence-corrected chi connectivity index (χ0v) is 22.5. The lowest BCUT2D eigenvalue weighted by molar-refractivity contribution is 0.211. The van der Waals surface area contributed by atoms with E-state index in [0.29, 0.717) is 10.0 Å². The number of rotatable bonds is 4. The molecule has 1 aliphatic rings. The average molecular weight is 544 g/mol. The Bertz CT molecular complexity index is 1650. The quantitative estimate of drug-likeness (QED) is 0.275. The van der Waals surface area contributed by atoms with E-state index >= 15 is 0 Å².